The van der Waals surface area contributed by atoms with E-state index in [1.165, 1.54) is 38.5 Å². The highest BCUT2D eigenvalue weighted by molar-refractivity contribution is 5.38. The van der Waals surface area contributed by atoms with E-state index < -0.39 is 0 Å². The Labute approximate surface area is 121 Å². The zero-order valence-electron chi connectivity index (χ0n) is 12.6. The van der Waals surface area contributed by atoms with E-state index >= 15 is 0 Å². The fourth-order valence-corrected chi connectivity index (χ4v) is 3.35. The van der Waals surface area contributed by atoms with E-state index in [2.05, 4.69) is 23.5 Å². The van der Waals surface area contributed by atoms with Crippen molar-refractivity contribution in [3.63, 3.8) is 0 Å². The average molecular weight is 277 g/mol. The summed E-state index contributed by atoms with van der Waals surface area (Å²) in [6.45, 7) is 5.27. The summed E-state index contributed by atoms with van der Waals surface area (Å²) < 4.78 is 7.67. The van der Waals surface area contributed by atoms with Gasteiger partial charge in [0.2, 0.25) is 0 Å². The van der Waals surface area contributed by atoms with E-state index in [9.17, 15) is 0 Å². The molecular weight excluding hydrogens is 250 g/mol. The molecule has 1 saturated heterocycles. The minimum Gasteiger partial charge on any atom is -0.382 e. The Morgan fingerprint density at radius 2 is 2.15 bits per heavy atom. The van der Waals surface area contributed by atoms with Crippen LogP contribution in [0.3, 0.4) is 0 Å². The lowest BCUT2D eigenvalue weighted by Crippen LogP contribution is -2.20. The quantitative estimate of drug-likeness (QED) is 0.897. The molecule has 2 fully saturated rings. The number of hydrogen-bond acceptors (Lipinski definition) is 3. The molecular formula is C16H27N3O. The van der Waals surface area contributed by atoms with Gasteiger partial charge in [0.05, 0.1) is 24.5 Å². The number of anilines is 1. The van der Waals surface area contributed by atoms with E-state index in [0.29, 0.717) is 6.10 Å². The van der Waals surface area contributed by atoms with Gasteiger partial charge in [-0.3, -0.25) is 4.68 Å². The number of hydrogen-bond donors (Lipinski definition) is 1. The van der Waals surface area contributed by atoms with Crippen molar-refractivity contribution < 1.29 is 4.74 Å². The van der Waals surface area contributed by atoms with Crippen LogP contribution in [0.4, 0.5) is 5.69 Å². The molecule has 1 atom stereocenters. The van der Waals surface area contributed by atoms with Crippen molar-refractivity contribution in [2.45, 2.75) is 58.1 Å². The molecule has 2 heterocycles. The summed E-state index contributed by atoms with van der Waals surface area (Å²) >= 11 is 0. The third kappa shape index (κ3) is 3.75. The standard InChI is InChI=1S/C16H27N3O/c1-13-4-6-14(7-5-13)9-17-15-10-18-19(11-15)12-16-3-2-8-20-16/h10-11,13-14,16-17H,2-9,12H2,1H3. The summed E-state index contributed by atoms with van der Waals surface area (Å²) in [6, 6.07) is 0. The van der Waals surface area contributed by atoms with Gasteiger partial charge in [0.15, 0.2) is 0 Å². The molecule has 4 nitrogen and oxygen atoms in total. The number of nitrogens with zero attached hydrogens (tertiary/aromatic N) is 2. The molecule has 1 unspecified atom stereocenters. The van der Waals surface area contributed by atoms with Crippen LogP contribution >= 0.6 is 0 Å². The molecule has 1 aromatic heterocycles. The molecule has 1 saturated carbocycles. The van der Waals surface area contributed by atoms with Gasteiger partial charge < -0.3 is 10.1 Å². The van der Waals surface area contributed by atoms with Crippen LogP contribution in [-0.4, -0.2) is 29.0 Å². The summed E-state index contributed by atoms with van der Waals surface area (Å²) in [5.41, 5.74) is 1.15. The number of aromatic nitrogens is 2. The first kappa shape index (κ1) is 13.9. The van der Waals surface area contributed by atoms with Gasteiger partial charge in [-0.05, 0) is 37.5 Å². The first-order valence-electron chi connectivity index (χ1n) is 8.17. The molecule has 1 aliphatic heterocycles. The SMILES string of the molecule is CC1CCC(CNc2cnn(CC3CCCO3)c2)CC1. The Bertz CT molecular complexity index is 404. The highest BCUT2D eigenvalue weighted by Gasteiger charge is 2.18. The summed E-state index contributed by atoms with van der Waals surface area (Å²) in [6.07, 6.45) is 12.3. The van der Waals surface area contributed by atoms with E-state index in [1.54, 1.807) is 0 Å². The minimum atomic E-state index is 0.364. The van der Waals surface area contributed by atoms with Gasteiger partial charge in [0.25, 0.3) is 0 Å². The fraction of sp³-hybridized carbons (Fsp3) is 0.812. The van der Waals surface area contributed by atoms with E-state index in [0.717, 1.165) is 37.2 Å². The molecule has 0 aromatic carbocycles. The highest BCUT2D eigenvalue weighted by atomic mass is 16.5. The van der Waals surface area contributed by atoms with E-state index in [-0.39, 0.29) is 0 Å². The Hall–Kier alpha value is -1.03. The third-order valence-corrected chi connectivity index (χ3v) is 4.78. The first-order chi connectivity index (χ1) is 9.79. The second-order valence-corrected chi connectivity index (χ2v) is 6.59. The highest BCUT2D eigenvalue weighted by Crippen LogP contribution is 2.28. The monoisotopic (exact) mass is 277 g/mol. The second-order valence-electron chi connectivity index (χ2n) is 6.59. The molecule has 1 N–H and O–H groups in total. The Morgan fingerprint density at radius 1 is 1.30 bits per heavy atom. The Balaban J connectivity index is 1.42. The summed E-state index contributed by atoms with van der Waals surface area (Å²) in [4.78, 5) is 0. The molecule has 20 heavy (non-hydrogen) atoms. The molecule has 0 amide bonds. The fourth-order valence-electron chi connectivity index (χ4n) is 3.35. The second kappa shape index (κ2) is 6.61. The van der Waals surface area contributed by atoms with Crippen LogP contribution in [0.25, 0.3) is 0 Å². The summed E-state index contributed by atoms with van der Waals surface area (Å²) in [7, 11) is 0. The average Bonchev–Trinajstić information content (AvgIpc) is 3.11. The van der Waals surface area contributed by atoms with Crippen LogP contribution in [0.1, 0.15) is 45.4 Å². The third-order valence-electron chi connectivity index (χ3n) is 4.78. The smallest absolute Gasteiger partial charge is 0.0771 e. The van der Waals surface area contributed by atoms with E-state index in [4.69, 9.17) is 4.74 Å². The zero-order chi connectivity index (χ0) is 13.8. The van der Waals surface area contributed by atoms with Crippen LogP contribution in [0.2, 0.25) is 0 Å². The van der Waals surface area contributed by atoms with Crippen LogP contribution in [0.5, 0.6) is 0 Å². The van der Waals surface area contributed by atoms with Crippen molar-refractivity contribution in [3.8, 4) is 0 Å². The van der Waals surface area contributed by atoms with Crippen LogP contribution < -0.4 is 5.32 Å². The lowest BCUT2D eigenvalue weighted by molar-refractivity contribution is 0.0940. The maximum atomic E-state index is 5.65. The normalized spacial score (nSPS) is 30.6. The summed E-state index contributed by atoms with van der Waals surface area (Å²) in [5, 5.41) is 7.98. The molecule has 3 rings (SSSR count). The number of nitrogens with one attached hydrogen (secondary N) is 1. The molecule has 1 aromatic rings. The lowest BCUT2D eigenvalue weighted by Gasteiger charge is -2.26. The topological polar surface area (TPSA) is 39.1 Å². The van der Waals surface area contributed by atoms with Gasteiger partial charge in [0.1, 0.15) is 0 Å². The van der Waals surface area contributed by atoms with Gasteiger partial charge in [-0.25, -0.2) is 0 Å². The van der Waals surface area contributed by atoms with Crippen LogP contribution in [-0.2, 0) is 11.3 Å². The van der Waals surface area contributed by atoms with Crippen molar-refractivity contribution in [1.82, 2.24) is 9.78 Å². The zero-order valence-corrected chi connectivity index (χ0v) is 12.6. The van der Waals surface area contributed by atoms with Crippen molar-refractivity contribution in [2.24, 2.45) is 11.8 Å². The molecule has 112 valence electrons. The largest absolute Gasteiger partial charge is 0.382 e. The molecule has 1 aliphatic carbocycles. The number of rotatable bonds is 5. The molecule has 0 radical (unpaired) electrons. The predicted octanol–water partition coefficient (Wildman–Crippen LogP) is 3.30. The maximum Gasteiger partial charge on any atom is 0.0771 e. The van der Waals surface area contributed by atoms with Gasteiger partial charge in [0, 0.05) is 19.3 Å². The van der Waals surface area contributed by atoms with Gasteiger partial charge in [-0.1, -0.05) is 19.8 Å². The van der Waals surface area contributed by atoms with Crippen molar-refractivity contribution in [2.75, 3.05) is 18.5 Å². The van der Waals surface area contributed by atoms with Crippen molar-refractivity contribution >= 4 is 5.69 Å². The molecule has 0 bridgehead atoms. The predicted molar refractivity (Wildman–Crippen MR) is 80.8 cm³/mol. The lowest BCUT2D eigenvalue weighted by atomic mass is 9.83. The molecule has 2 aliphatic rings. The Morgan fingerprint density at radius 3 is 2.90 bits per heavy atom. The van der Waals surface area contributed by atoms with Crippen molar-refractivity contribution in [3.05, 3.63) is 12.4 Å². The minimum absolute atomic E-state index is 0.364. The number of ether oxygens (including phenoxy) is 1. The molecule has 0 spiro atoms. The van der Waals surface area contributed by atoms with Crippen LogP contribution in [0.15, 0.2) is 12.4 Å². The maximum absolute atomic E-state index is 5.65. The van der Waals surface area contributed by atoms with Crippen LogP contribution in [0, 0.1) is 11.8 Å². The summed E-state index contributed by atoms with van der Waals surface area (Å²) in [5.74, 6) is 1.77. The van der Waals surface area contributed by atoms with Gasteiger partial charge in [-0.2, -0.15) is 5.10 Å². The van der Waals surface area contributed by atoms with Gasteiger partial charge in [-0.15, -0.1) is 0 Å². The van der Waals surface area contributed by atoms with E-state index in [1.807, 2.05) is 10.9 Å². The van der Waals surface area contributed by atoms with Gasteiger partial charge >= 0.3 is 0 Å². The van der Waals surface area contributed by atoms with Crippen molar-refractivity contribution in [1.29, 1.82) is 0 Å². The first-order valence-corrected chi connectivity index (χ1v) is 8.17. The Kier molecular flexibility index (Phi) is 4.61. The molecule has 4 heteroatoms.